The molecule has 0 saturated heterocycles. The predicted molar refractivity (Wildman–Crippen MR) is 73.1 cm³/mol. The topological polar surface area (TPSA) is 92.1 Å². The van der Waals surface area contributed by atoms with Gasteiger partial charge in [-0.25, -0.2) is 13.4 Å². The summed E-state index contributed by atoms with van der Waals surface area (Å²) in [5.74, 6) is 0.548. The molecule has 1 heterocycles. The Labute approximate surface area is 116 Å². The maximum atomic E-state index is 12.4. The number of hydrogen-bond donors (Lipinski definition) is 2. The van der Waals surface area contributed by atoms with Gasteiger partial charge in [-0.2, -0.15) is 4.31 Å². The Morgan fingerprint density at radius 1 is 1.47 bits per heavy atom. The molecule has 8 heteroatoms. The lowest BCUT2D eigenvalue weighted by molar-refractivity contribution is 0.458. The molecule has 6 nitrogen and oxygen atoms in total. The van der Waals surface area contributed by atoms with E-state index < -0.39 is 10.0 Å². The van der Waals surface area contributed by atoms with Gasteiger partial charge in [0, 0.05) is 24.5 Å². The van der Waals surface area contributed by atoms with Gasteiger partial charge in [0.2, 0.25) is 10.0 Å². The number of anilines is 1. The number of nitrogens with zero attached hydrogens (tertiary/aromatic N) is 2. The molecule has 0 unspecified atom stereocenters. The van der Waals surface area contributed by atoms with Crippen molar-refractivity contribution < 1.29 is 8.42 Å². The van der Waals surface area contributed by atoms with Crippen LogP contribution in [0, 0.1) is 0 Å². The molecule has 0 fully saturated rings. The standard InChI is InChI=1S/C11H13ClN4O2S/c1-16(7-11-14-4-5-15-11)19(17,18)10-6-8(12)2-3-9(10)13/h2-6H,7,13H2,1H3,(H,14,15). The van der Waals surface area contributed by atoms with Crippen molar-refractivity contribution in [1.29, 1.82) is 0 Å². The van der Waals surface area contributed by atoms with Gasteiger partial charge in [-0.05, 0) is 18.2 Å². The summed E-state index contributed by atoms with van der Waals surface area (Å²) in [6.07, 6.45) is 3.19. The molecule has 1 aromatic carbocycles. The number of aromatic amines is 1. The fraction of sp³-hybridized carbons (Fsp3) is 0.182. The Hall–Kier alpha value is -1.57. The molecule has 0 saturated carbocycles. The van der Waals surface area contributed by atoms with Gasteiger partial charge in [-0.1, -0.05) is 11.6 Å². The molecule has 0 bridgehead atoms. The highest BCUT2D eigenvalue weighted by Crippen LogP contribution is 2.25. The molecular weight excluding hydrogens is 288 g/mol. The first-order chi connectivity index (χ1) is 8.91. The lowest BCUT2D eigenvalue weighted by Crippen LogP contribution is -2.27. The van der Waals surface area contributed by atoms with Gasteiger partial charge in [-0.15, -0.1) is 0 Å². The highest BCUT2D eigenvalue weighted by molar-refractivity contribution is 7.89. The lowest BCUT2D eigenvalue weighted by Gasteiger charge is -2.17. The molecular formula is C11H13ClN4O2S. The number of benzene rings is 1. The third kappa shape index (κ3) is 2.89. The SMILES string of the molecule is CN(Cc1ncc[nH]1)S(=O)(=O)c1cc(Cl)ccc1N. The van der Waals surface area contributed by atoms with Crippen LogP contribution < -0.4 is 5.73 Å². The smallest absolute Gasteiger partial charge is 0.245 e. The number of nitrogens with two attached hydrogens (primary N) is 1. The second-order valence-corrected chi connectivity index (χ2v) is 6.43. The van der Waals surface area contributed by atoms with Gasteiger partial charge in [0.1, 0.15) is 10.7 Å². The summed E-state index contributed by atoms with van der Waals surface area (Å²) in [5, 5.41) is 0.319. The molecule has 2 rings (SSSR count). The van der Waals surface area contributed by atoms with Crippen molar-refractivity contribution in [3.63, 3.8) is 0 Å². The van der Waals surface area contributed by atoms with Crippen molar-refractivity contribution in [3.05, 3.63) is 41.4 Å². The van der Waals surface area contributed by atoms with Crippen LogP contribution in [0.15, 0.2) is 35.5 Å². The minimum atomic E-state index is -3.70. The quantitative estimate of drug-likeness (QED) is 0.836. The maximum Gasteiger partial charge on any atom is 0.245 e. The van der Waals surface area contributed by atoms with Crippen LogP contribution in [-0.4, -0.2) is 29.7 Å². The first kappa shape index (κ1) is 13.9. The van der Waals surface area contributed by atoms with Gasteiger partial charge < -0.3 is 10.7 Å². The van der Waals surface area contributed by atoms with Crippen LogP contribution in [-0.2, 0) is 16.6 Å². The van der Waals surface area contributed by atoms with E-state index in [1.54, 1.807) is 18.5 Å². The number of sulfonamides is 1. The van der Waals surface area contributed by atoms with Gasteiger partial charge in [0.05, 0.1) is 12.2 Å². The van der Waals surface area contributed by atoms with Gasteiger partial charge in [0.25, 0.3) is 0 Å². The van der Waals surface area contributed by atoms with E-state index in [0.29, 0.717) is 10.8 Å². The summed E-state index contributed by atoms with van der Waals surface area (Å²) in [7, 11) is -2.25. The van der Waals surface area contributed by atoms with Gasteiger partial charge in [-0.3, -0.25) is 0 Å². The Balaban J connectivity index is 2.33. The third-order valence-corrected chi connectivity index (χ3v) is 4.69. The fourth-order valence-electron chi connectivity index (χ4n) is 1.58. The zero-order valence-electron chi connectivity index (χ0n) is 10.2. The number of nitrogen functional groups attached to an aromatic ring is 1. The number of hydrogen-bond acceptors (Lipinski definition) is 4. The van der Waals surface area contributed by atoms with Crippen LogP contribution in [0.3, 0.4) is 0 Å². The summed E-state index contributed by atoms with van der Waals surface area (Å²) < 4.78 is 25.9. The molecule has 2 aromatic rings. The molecule has 102 valence electrons. The third-order valence-electron chi connectivity index (χ3n) is 2.59. The first-order valence-corrected chi connectivity index (χ1v) is 7.22. The van der Waals surface area contributed by atoms with E-state index in [4.69, 9.17) is 17.3 Å². The molecule has 0 aliphatic carbocycles. The summed E-state index contributed by atoms with van der Waals surface area (Å²) in [4.78, 5) is 6.82. The van der Waals surface area contributed by atoms with E-state index in [1.165, 1.54) is 19.2 Å². The monoisotopic (exact) mass is 300 g/mol. The van der Waals surface area contributed by atoms with Crippen LogP contribution in [0.25, 0.3) is 0 Å². The largest absolute Gasteiger partial charge is 0.398 e. The van der Waals surface area contributed by atoms with Crippen molar-refractivity contribution in [2.24, 2.45) is 0 Å². The van der Waals surface area contributed by atoms with E-state index in [0.717, 1.165) is 4.31 Å². The van der Waals surface area contributed by atoms with Crippen LogP contribution in [0.1, 0.15) is 5.82 Å². The van der Waals surface area contributed by atoms with Crippen molar-refractivity contribution >= 4 is 27.3 Å². The van der Waals surface area contributed by atoms with E-state index in [2.05, 4.69) is 9.97 Å². The lowest BCUT2D eigenvalue weighted by atomic mass is 10.3. The molecule has 3 N–H and O–H groups in total. The first-order valence-electron chi connectivity index (χ1n) is 5.41. The van der Waals surface area contributed by atoms with E-state index in [1.807, 2.05) is 0 Å². The number of nitrogens with one attached hydrogen (secondary N) is 1. The van der Waals surface area contributed by atoms with Crippen molar-refractivity contribution in [1.82, 2.24) is 14.3 Å². The Morgan fingerprint density at radius 2 is 2.21 bits per heavy atom. The van der Waals surface area contributed by atoms with Crippen molar-refractivity contribution in [3.8, 4) is 0 Å². The number of imidazole rings is 1. The van der Waals surface area contributed by atoms with Gasteiger partial charge in [0.15, 0.2) is 0 Å². The normalized spacial score (nSPS) is 11.9. The minimum absolute atomic E-state index is 0.00550. The molecule has 19 heavy (non-hydrogen) atoms. The number of aromatic nitrogens is 2. The summed E-state index contributed by atoms with van der Waals surface area (Å²) in [5.41, 5.74) is 5.86. The number of H-pyrrole nitrogens is 1. The molecule has 0 atom stereocenters. The Morgan fingerprint density at radius 3 is 2.84 bits per heavy atom. The highest BCUT2D eigenvalue weighted by Gasteiger charge is 2.24. The van der Waals surface area contributed by atoms with Crippen molar-refractivity contribution in [2.75, 3.05) is 12.8 Å². The zero-order chi connectivity index (χ0) is 14.0. The zero-order valence-corrected chi connectivity index (χ0v) is 11.7. The number of rotatable bonds is 4. The van der Waals surface area contributed by atoms with E-state index in [9.17, 15) is 8.42 Å². The Kier molecular flexibility index (Phi) is 3.79. The minimum Gasteiger partial charge on any atom is -0.398 e. The molecule has 0 aliphatic rings. The van der Waals surface area contributed by atoms with Crippen LogP contribution in [0.5, 0.6) is 0 Å². The molecule has 0 spiro atoms. The average Bonchev–Trinajstić information content (AvgIpc) is 2.85. The maximum absolute atomic E-state index is 12.4. The second kappa shape index (κ2) is 5.20. The van der Waals surface area contributed by atoms with Crippen LogP contribution in [0.2, 0.25) is 5.02 Å². The Bertz CT molecular complexity index is 670. The van der Waals surface area contributed by atoms with Crippen LogP contribution in [0.4, 0.5) is 5.69 Å². The van der Waals surface area contributed by atoms with E-state index in [-0.39, 0.29) is 17.1 Å². The molecule has 0 aliphatic heterocycles. The van der Waals surface area contributed by atoms with Gasteiger partial charge >= 0.3 is 0 Å². The van der Waals surface area contributed by atoms with Crippen LogP contribution >= 0.6 is 11.6 Å². The fourth-order valence-corrected chi connectivity index (χ4v) is 3.09. The molecule has 1 aromatic heterocycles. The second-order valence-electron chi connectivity index (χ2n) is 3.98. The predicted octanol–water partition coefficient (Wildman–Crippen LogP) is 1.47. The summed E-state index contributed by atoms with van der Waals surface area (Å²) >= 11 is 5.81. The average molecular weight is 301 g/mol. The molecule has 0 amide bonds. The summed E-state index contributed by atoms with van der Waals surface area (Å²) in [6, 6.07) is 4.35. The van der Waals surface area contributed by atoms with E-state index >= 15 is 0 Å². The highest BCUT2D eigenvalue weighted by atomic mass is 35.5. The number of halogens is 1. The molecule has 0 radical (unpaired) electrons. The summed E-state index contributed by atoms with van der Waals surface area (Å²) in [6.45, 7) is 0.126. The van der Waals surface area contributed by atoms with Crippen molar-refractivity contribution in [2.45, 2.75) is 11.4 Å².